The van der Waals surface area contributed by atoms with Gasteiger partial charge in [0.1, 0.15) is 11.6 Å². The SMILES string of the molecule is CC1(C)OB(C(CC(=O)O)c2c(F)ccc(Cl)c2F)OC1(C)C. The fourth-order valence-electron chi connectivity index (χ4n) is 2.46. The second-order valence-electron chi connectivity index (χ2n) is 6.59. The van der Waals surface area contributed by atoms with Crippen molar-refractivity contribution >= 4 is 24.7 Å². The van der Waals surface area contributed by atoms with Crippen molar-refractivity contribution in [2.24, 2.45) is 0 Å². The molecule has 0 aliphatic carbocycles. The van der Waals surface area contributed by atoms with Crippen LogP contribution in [0.1, 0.15) is 45.5 Å². The van der Waals surface area contributed by atoms with E-state index in [4.69, 9.17) is 26.0 Å². The highest BCUT2D eigenvalue weighted by Gasteiger charge is 2.55. The molecular weight excluding hydrogens is 328 g/mol. The fraction of sp³-hybridized carbons (Fsp3) is 0.533. The van der Waals surface area contributed by atoms with E-state index >= 15 is 0 Å². The molecule has 0 radical (unpaired) electrons. The predicted octanol–water partition coefficient (Wildman–Crippen LogP) is 3.81. The van der Waals surface area contributed by atoms with Gasteiger partial charge in [0.2, 0.25) is 0 Å². The molecule has 0 amide bonds. The van der Waals surface area contributed by atoms with E-state index < -0.39 is 53.7 Å². The molecule has 1 aliphatic heterocycles. The first kappa shape index (κ1) is 18.2. The van der Waals surface area contributed by atoms with Crippen LogP contribution < -0.4 is 0 Å². The third-order valence-electron chi connectivity index (χ3n) is 4.44. The van der Waals surface area contributed by atoms with Crippen LogP contribution in [0.3, 0.4) is 0 Å². The van der Waals surface area contributed by atoms with Crippen molar-refractivity contribution in [1.82, 2.24) is 0 Å². The molecule has 0 aromatic heterocycles. The van der Waals surface area contributed by atoms with E-state index in [2.05, 4.69) is 0 Å². The van der Waals surface area contributed by atoms with Crippen LogP contribution >= 0.6 is 11.6 Å². The molecule has 8 heteroatoms. The summed E-state index contributed by atoms with van der Waals surface area (Å²) in [6.45, 7) is 7.09. The van der Waals surface area contributed by atoms with Gasteiger partial charge in [0, 0.05) is 11.4 Å². The van der Waals surface area contributed by atoms with Crippen LogP contribution in [-0.2, 0) is 14.1 Å². The van der Waals surface area contributed by atoms with Crippen LogP contribution in [0, 0.1) is 11.6 Å². The van der Waals surface area contributed by atoms with E-state index in [0.717, 1.165) is 12.1 Å². The highest BCUT2D eigenvalue weighted by Crippen LogP contribution is 2.43. The second-order valence-corrected chi connectivity index (χ2v) is 6.99. The van der Waals surface area contributed by atoms with E-state index in [1.165, 1.54) is 0 Å². The third kappa shape index (κ3) is 3.37. The maximum atomic E-state index is 14.3. The van der Waals surface area contributed by atoms with Gasteiger partial charge in [-0.15, -0.1) is 0 Å². The highest BCUT2D eigenvalue weighted by atomic mass is 35.5. The van der Waals surface area contributed by atoms with Gasteiger partial charge in [-0.3, -0.25) is 4.79 Å². The summed E-state index contributed by atoms with van der Waals surface area (Å²) in [4.78, 5) is 11.2. The average Bonchev–Trinajstić information content (AvgIpc) is 2.61. The largest absolute Gasteiger partial charge is 0.481 e. The Balaban J connectivity index is 2.48. The lowest BCUT2D eigenvalue weighted by atomic mass is 9.66. The molecule has 0 spiro atoms. The molecule has 4 nitrogen and oxygen atoms in total. The summed E-state index contributed by atoms with van der Waals surface area (Å²) in [5, 5.41) is 8.84. The topological polar surface area (TPSA) is 55.8 Å². The van der Waals surface area contributed by atoms with Crippen molar-refractivity contribution in [3.63, 3.8) is 0 Å². The molecule has 1 aromatic carbocycles. The van der Waals surface area contributed by atoms with Crippen molar-refractivity contribution in [3.8, 4) is 0 Å². The molecule has 23 heavy (non-hydrogen) atoms. The summed E-state index contributed by atoms with van der Waals surface area (Å²) in [7, 11) is -1.10. The van der Waals surface area contributed by atoms with Crippen molar-refractivity contribution in [1.29, 1.82) is 0 Å². The summed E-state index contributed by atoms with van der Waals surface area (Å²) in [6, 6.07) is 2.08. The van der Waals surface area contributed by atoms with Crippen molar-refractivity contribution in [2.75, 3.05) is 0 Å². The summed E-state index contributed by atoms with van der Waals surface area (Å²) in [5.41, 5.74) is -1.93. The molecule has 1 heterocycles. The maximum Gasteiger partial charge on any atom is 0.466 e. The standard InChI is InChI=1S/C15H18BClF2O4/c1-14(2)15(3,4)23-16(22-14)8(7-11(20)21)12-10(18)6-5-9(17)13(12)19/h5-6,8H,7H2,1-4H3,(H,20,21). The number of rotatable bonds is 4. The van der Waals surface area contributed by atoms with Crippen molar-refractivity contribution in [2.45, 2.75) is 51.1 Å². The van der Waals surface area contributed by atoms with Crippen LogP contribution in [0.25, 0.3) is 0 Å². The van der Waals surface area contributed by atoms with Crippen LogP contribution in [0.5, 0.6) is 0 Å². The van der Waals surface area contributed by atoms with E-state index in [1.54, 1.807) is 27.7 Å². The fourth-order valence-corrected chi connectivity index (χ4v) is 2.62. The lowest BCUT2D eigenvalue weighted by molar-refractivity contribution is -0.137. The summed E-state index contributed by atoms with van der Waals surface area (Å²) >= 11 is 5.71. The van der Waals surface area contributed by atoms with Gasteiger partial charge < -0.3 is 14.4 Å². The van der Waals surface area contributed by atoms with Crippen molar-refractivity contribution in [3.05, 3.63) is 34.4 Å². The normalized spacial score (nSPS) is 20.6. The smallest absolute Gasteiger partial charge is 0.466 e. The zero-order valence-electron chi connectivity index (χ0n) is 13.3. The molecule has 1 aliphatic rings. The van der Waals surface area contributed by atoms with Gasteiger partial charge in [-0.1, -0.05) is 11.6 Å². The number of benzene rings is 1. The van der Waals surface area contributed by atoms with Gasteiger partial charge in [-0.2, -0.15) is 0 Å². The number of hydrogen-bond acceptors (Lipinski definition) is 3. The summed E-state index contributed by atoms with van der Waals surface area (Å²) in [5.74, 6) is -4.25. The lowest BCUT2D eigenvalue weighted by Crippen LogP contribution is -2.41. The Kier molecular flexibility index (Phi) is 4.77. The molecule has 0 bridgehead atoms. The average molecular weight is 347 g/mol. The minimum absolute atomic E-state index is 0.284. The quantitative estimate of drug-likeness (QED) is 0.665. The van der Waals surface area contributed by atoms with Gasteiger partial charge in [0.15, 0.2) is 0 Å². The molecule has 0 saturated carbocycles. The Labute approximate surface area is 138 Å². The molecule has 126 valence electrons. The number of halogens is 3. The van der Waals surface area contributed by atoms with Crippen LogP contribution in [0.15, 0.2) is 12.1 Å². The van der Waals surface area contributed by atoms with Crippen LogP contribution in [0.4, 0.5) is 8.78 Å². The first-order valence-electron chi connectivity index (χ1n) is 7.17. The highest BCUT2D eigenvalue weighted by molar-refractivity contribution is 6.48. The van der Waals surface area contributed by atoms with Crippen LogP contribution in [-0.4, -0.2) is 29.4 Å². The summed E-state index contributed by atoms with van der Waals surface area (Å²) < 4.78 is 40.0. The first-order chi connectivity index (χ1) is 10.5. The van der Waals surface area contributed by atoms with Gasteiger partial charge >= 0.3 is 13.1 Å². The monoisotopic (exact) mass is 346 g/mol. The lowest BCUT2D eigenvalue weighted by Gasteiger charge is -2.32. The maximum absolute atomic E-state index is 14.3. The molecule has 1 unspecified atom stereocenters. The number of carboxylic acid groups (broad SMARTS) is 1. The first-order valence-corrected chi connectivity index (χ1v) is 7.55. The number of carbonyl (C=O) groups is 1. The van der Waals surface area contributed by atoms with E-state index in [-0.39, 0.29) is 5.02 Å². The van der Waals surface area contributed by atoms with E-state index in [0.29, 0.717) is 0 Å². The Morgan fingerprint density at radius 2 is 1.78 bits per heavy atom. The van der Waals surface area contributed by atoms with Crippen molar-refractivity contribution < 1.29 is 28.0 Å². The Morgan fingerprint density at radius 3 is 2.26 bits per heavy atom. The van der Waals surface area contributed by atoms with Crippen LogP contribution in [0.2, 0.25) is 5.02 Å². The van der Waals surface area contributed by atoms with Gasteiger partial charge in [-0.05, 0) is 39.8 Å². The second kappa shape index (κ2) is 6.04. The van der Waals surface area contributed by atoms with Gasteiger partial charge in [0.25, 0.3) is 0 Å². The minimum Gasteiger partial charge on any atom is -0.481 e. The molecule has 1 N–H and O–H groups in total. The Hall–Kier alpha value is -1.18. The molecule has 1 atom stereocenters. The third-order valence-corrected chi connectivity index (χ3v) is 4.74. The zero-order chi connectivity index (χ0) is 17.6. The Bertz CT molecular complexity index is 620. The number of aliphatic carboxylic acids is 1. The summed E-state index contributed by atoms with van der Waals surface area (Å²) in [6.07, 6.45) is -0.551. The molecular formula is C15H18BClF2O4. The predicted molar refractivity (Wildman–Crippen MR) is 82.4 cm³/mol. The number of hydrogen-bond donors (Lipinski definition) is 1. The Morgan fingerprint density at radius 1 is 1.26 bits per heavy atom. The molecule has 2 rings (SSSR count). The number of carboxylic acids is 1. The van der Waals surface area contributed by atoms with Gasteiger partial charge in [0.05, 0.1) is 22.6 Å². The van der Waals surface area contributed by atoms with Gasteiger partial charge in [-0.25, -0.2) is 8.78 Å². The zero-order valence-corrected chi connectivity index (χ0v) is 14.1. The molecule has 1 aromatic rings. The molecule has 1 saturated heterocycles. The van der Waals surface area contributed by atoms with E-state index in [1.807, 2.05) is 0 Å². The minimum atomic E-state index is -1.22. The van der Waals surface area contributed by atoms with E-state index in [9.17, 15) is 13.6 Å². The molecule has 1 fully saturated rings.